The van der Waals surface area contributed by atoms with Crippen LogP contribution >= 0.6 is 15.9 Å². The van der Waals surface area contributed by atoms with Crippen LogP contribution < -0.4 is 11.1 Å². The number of nitrogens with zero attached hydrogens (tertiary/aromatic N) is 2. The molecule has 2 saturated heterocycles. The molecule has 2 aliphatic heterocycles. The first-order chi connectivity index (χ1) is 20.7. The maximum Gasteiger partial charge on any atom is 0.159 e. The Bertz CT molecular complexity index is 1190. The molecule has 2 fully saturated rings. The van der Waals surface area contributed by atoms with Crippen molar-refractivity contribution in [1.29, 1.82) is 0 Å². The van der Waals surface area contributed by atoms with Gasteiger partial charge in [0.1, 0.15) is 11.5 Å². The van der Waals surface area contributed by atoms with Crippen LogP contribution in [0.5, 0.6) is 0 Å². The van der Waals surface area contributed by atoms with Crippen molar-refractivity contribution in [2.45, 2.75) is 148 Å². The molecular formula is C35H61BrN4O6. The second-order valence-electron chi connectivity index (χ2n) is 15.1. The molecular weight excluding hydrogens is 652 g/mol. The number of hydrogen-bond acceptors (Lipinski definition) is 10. The van der Waals surface area contributed by atoms with Crippen molar-refractivity contribution in [2.24, 2.45) is 5.73 Å². The van der Waals surface area contributed by atoms with Gasteiger partial charge in [-0.1, -0.05) is 75.2 Å². The standard InChI is InChI=1S/C17H28N2O3.C12H18BrNO2.C5H11NO.CH4/c1-16(2,3)14-10-13(22-19-14)11-15(20)17(4,5)18-12-6-8-21-9-7-12;1-11(2,3)9-6-8(16-14-9)7-10(15)12(4,5)13;6-5-1-3-7-4-2-5;/h10,12,18H,6-9,11H2,1-5H3;6H,7H2,1-5H3;5H,1-4,6H2;1H4. The molecule has 4 heterocycles. The Balaban J connectivity index is 0.000000384. The molecule has 4 rings (SSSR count). The van der Waals surface area contributed by atoms with Gasteiger partial charge in [-0.2, -0.15) is 0 Å². The normalized spacial score (nSPS) is 16.8. The van der Waals surface area contributed by atoms with Gasteiger partial charge in [0.05, 0.1) is 34.1 Å². The molecule has 0 unspecified atom stereocenters. The molecule has 46 heavy (non-hydrogen) atoms. The molecule has 2 aromatic heterocycles. The molecule has 0 aliphatic carbocycles. The number of halogens is 1. The van der Waals surface area contributed by atoms with E-state index >= 15 is 0 Å². The van der Waals surface area contributed by atoms with Gasteiger partial charge >= 0.3 is 0 Å². The number of alkyl halides is 1. The van der Waals surface area contributed by atoms with Crippen molar-refractivity contribution in [3.8, 4) is 0 Å². The SMILES string of the molecule is C.CC(C)(Br)C(=O)Cc1cc(C(C)(C)C)no1.CC(C)(NC1CCOCC1)C(=O)Cc1cc(C(C)(C)C)no1.NC1CCOCC1. The highest BCUT2D eigenvalue weighted by molar-refractivity contribution is 9.10. The molecule has 0 spiro atoms. The van der Waals surface area contributed by atoms with E-state index in [9.17, 15) is 9.59 Å². The third-order valence-electron chi connectivity index (χ3n) is 7.74. The summed E-state index contributed by atoms with van der Waals surface area (Å²) in [6, 6.07) is 4.50. The highest BCUT2D eigenvalue weighted by atomic mass is 79.9. The molecule has 0 amide bonds. The van der Waals surface area contributed by atoms with Gasteiger partial charge in [-0.25, -0.2) is 0 Å². The summed E-state index contributed by atoms with van der Waals surface area (Å²) in [5.41, 5.74) is 6.62. The largest absolute Gasteiger partial charge is 0.381 e. The minimum absolute atomic E-state index is 0. The lowest BCUT2D eigenvalue weighted by molar-refractivity contribution is -0.124. The van der Waals surface area contributed by atoms with Crippen molar-refractivity contribution in [2.75, 3.05) is 26.4 Å². The van der Waals surface area contributed by atoms with Gasteiger partial charge < -0.3 is 29.6 Å². The van der Waals surface area contributed by atoms with Gasteiger partial charge in [0, 0.05) is 61.5 Å². The van der Waals surface area contributed by atoms with E-state index in [0.717, 1.165) is 63.5 Å². The van der Waals surface area contributed by atoms with Gasteiger partial charge in [0.15, 0.2) is 11.6 Å². The van der Waals surface area contributed by atoms with E-state index in [2.05, 4.69) is 73.1 Å². The van der Waals surface area contributed by atoms with Crippen LogP contribution in [-0.4, -0.2) is 70.3 Å². The average Bonchev–Trinajstić information content (AvgIpc) is 3.60. The van der Waals surface area contributed by atoms with Crippen LogP contribution in [0, 0.1) is 0 Å². The van der Waals surface area contributed by atoms with Gasteiger partial charge in [0.2, 0.25) is 0 Å². The fourth-order valence-corrected chi connectivity index (χ4v) is 4.54. The van der Waals surface area contributed by atoms with Crippen LogP contribution in [0.4, 0.5) is 0 Å². The summed E-state index contributed by atoms with van der Waals surface area (Å²) < 4.78 is 20.4. The number of ether oxygens (including phenoxy) is 2. The topological polar surface area (TPSA) is 143 Å². The maximum atomic E-state index is 12.6. The molecule has 0 atom stereocenters. The molecule has 0 bridgehead atoms. The van der Waals surface area contributed by atoms with Crippen molar-refractivity contribution in [3.05, 3.63) is 35.0 Å². The molecule has 2 aromatic rings. The van der Waals surface area contributed by atoms with Gasteiger partial charge in [-0.05, 0) is 53.4 Å². The van der Waals surface area contributed by atoms with Crippen LogP contribution in [0.3, 0.4) is 0 Å². The molecule has 10 nitrogen and oxygen atoms in total. The highest BCUT2D eigenvalue weighted by Gasteiger charge is 2.32. The summed E-state index contributed by atoms with van der Waals surface area (Å²) in [6.07, 6.45) is 4.54. The first kappa shape index (κ1) is 42.1. The molecule has 264 valence electrons. The molecule has 3 N–H and O–H groups in total. The van der Waals surface area contributed by atoms with Crippen LogP contribution in [0.25, 0.3) is 0 Å². The smallest absolute Gasteiger partial charge is 0.159 e. The molecule has 0 aromatic carbocycles. The van der Waals surface area contributed by atoms with E-state index in [-0.39, 0.29) is 42.7 Å². The number of Topliss-reactive ketones (excluding diaryl/α,β-unsaturated/α-hetero) is 2. The molecule has 2 aliphatic rings. The Labute approximate surface area is 285 Å². The monoisotopic (exact) mass is 712 g/mol. The minimum atomic E-state index is -0.573. The summed E-state index contributed by atoms with van der Waals surface area (Å²) in [6.45, 7) is 23.2. The Hall–Kier alpha value is -1.92. The third kappa shape index (κ3) is 14.9. The summed E-state index contributed by atoms with van der Waals surface area (Å²) in [5, 5.41) is 11.5. The fraction of sp³-hybridized carbons (Fsp3) is 0.771. The number of nitrogens with one attached hydrogen (secondary N) is 1. The lowest BCUT2D eigenvalue weighted by atomic mass is 9.90. The van der Waals surface area contributed by atoms with E-state index in [1.54, 1.807) is 0 Å². The van der Waals surface area contributed by atoms with E-state index in [0.29, 0.717) is 23.6 Å². The van der Waals surface area contributed by atoms with Crippen molar-refractivity contribution < 1.29 is 28.1 Å². The van der Waals surface area contributed by atoms with Crippen LogP contribution in [-0.2, 0) is 42.7 Å². The number of carbonyl (C=O) groups is 2. The Morgan fingerprint density at radius 2 is 1.15 bits per heavy atom. The Morgan fingerprint density at radius 3 is 1.48 bits per heavy atom. The number of nitrogens with two attached hydrogens (primary N) is 1. The third-order valence-corrected chi connectivity index (χ3v) is 8.18. The lowest BCUT2D eigenvalue weighted by Crippen LogP contribution is -2.53. The first-order valence-electron chi connectivity index (χ1n) is 16.0. The summed E-state index contributed by atoms with van der Waals surface area (Å²) in [4.78, 5) is 24.3. The van der Waals surface area contributed by atoms with Crippen molar-refractivity contribution >= 4 is 27.5 Å². The van der Waals surface area contributed by atoms with E-state index in [1.807, 2.05) is 39.8 Å². The summed E-state index contributed by atoms with van der Waals surface area (Å²) >= 11 is 3.34. The minimum Gasteiger partial charge on any atom is -0.381 e. The second kappa shape index (κ2) is 18.0. The quantitative estimate of drug-likeness (QED) is 0.286. The summed E-state index contributed by atoms with van der Waals surface area (Å²) in [7, 11) is 0. The van der Waals surface area contributed by atoms with Crippen molar-refractivity contribution in [3.63, 3.8) is 0 Å². The predicted octanol–water partition coefficient (Wildman–Crippen LogP) is 6.65. The van der Waals surface area contributed by atoms with Crippen LogP contribution in [0.15, 0.2) is 21.2 Å². The predicted molar refractivity (Wildman–Crippen MR) is 187 cm³/mol. The number of carbonyl (C=O) groups excluding carboxylic acids is 2. The van der Waals surface area contributed by atoms with Gasteiger partial charge in [-0.3, -0.25) is 9.59 Å². The molecule has 0 saturated carbocycles. The number of hydrogen-bond donors (Lipinski definition) is 2. The second-order valence-corrected chi connectivity index (χ2v) is 17.1. The average molecular weight is 714 g/mol. The van der Waals surface area contributed by atoms with E-state index in [4.69, 9.17) is 24.3 Å². The number of rotatable bonds is 8. The zero-order chi connectivity index (χ0) is 34.1. The number of ketones is 2. The van der Waals surface area contributed by atoms with Crippen LogP contribution in [0.1, 0.15) is 125 Å². The zero-order valence-corrected chi connectivity index (χ0v) is 30.8. The molecule has 11 heteroatoms. The highest BCUT2D eigenvalue weighted by Crippen LogP contribution is 2.25. The molecule has 0 radical (unpaired) electrons. The van der Waals surface area contributed by atoms with Gasteiger partial charge in [-0.15, -0.1) is 0 Å². The fourth-order valence-electron chi connectivity index (χ4n) is 4.40. The van der Waals surface area contributed by atoms with E-state index < -0.39 is 9.86 Å². The van der Waals surface area contributed by atoms with Crippen molar-refractivity contribution in [1.82, 2.24) is 15.6 Å². The van der Waals surface area contributed by atoms with Crippen LogP contribution in [0.2, 0.25) is 0 Å². The zero-order valence-electron chi connectivity index (χ0n) is 29.2. The maximum absolute atomic E-state index is 12.6. The summed E-state index contributed by atoms with van der Waals surface area (Å²) in [5.74, 6) is 1.47. The Kier molecular flexibility index (Phi) is 16.5. The number of aromatic nitrogens is 2. The first-order valence-corrected chi connectivity index (χ1v) is 16.8. The van der Waals surface area contributed by atoms with Gasteiger partial charge in [0.25, 0.3) is 0 Å². The Morgan fingerprint density at radius 1 is 0.761 bits per heavy atom. The van der Waals surface area contributed by atoms with E-state index in [1.165, 1.54) is 0 Å². The lowest BCUT2D eigenvalue weighted by Gasteiger charge is -2.32.